The molecule has 9 N–H and O–H groups in total. The molecule has 312 valence electrons. The third-order valence-corrected chi connectivity index (χ3v) is 15.5. The van der Waals surface area contributed by atoms with Gasteiger partial charge in [-0.05, 0) is 86.0 Å². The Morgan fingerprint density at radius 2 is 1.53 bits per heavy atom. The summed E-state index contributed by atoms with van der Waals surface area (Å²) in [5.41, 5.74) is 1.96. The molecule has 15 heteroatoms. The molecule has 0 aromatic rings. The van der Waals surface area contributed by atoms with Crippen molar-refractivity contribution >= 4 is 5.97 Å². The first-order chi connectivity index (χ1) is 26.0. The van der Waals surface area contributed by atoms with E-state index in [1.165, 1.54) is 0 Å². The lowest BCUT2D eigenvalue weighted by atomic mass is 9.46. The van der Waals surface area contributed by atoms with Crippen LogP contribution in [0.2, 0.25) is 0 Å². The van der Waals surface area contributed by atoms with E-state index in [9.17, 15) is 50.8 Å². The van der Waals surface area contributed by atoms with Gasteiger partial charge in [-0.3, -0.25) is 0 Å². The lowest BCUT2D eigenvalue weighted by molar-refractivity contribution is -0.337. The number of esters is 1. The highest BCUT2D eigenvalue weighted by molar-refractivity contribution is 5.89. The van der Waals surface area contributed by atoms with Crippen LogP contribution in [-0.4, -0.2) is 151 Å². The van der Waals surface area contributed by atoms with Crippen LogP contribution in [0.25, 0.3) is 0 Å². The van der Waals surface area contributed by atoms with E-state index in [0.29, 0.717) is 36.2 Å². The van der Waals surface area contributed by atoms with Crippen molar-refractivity contribution < 1.29 is 74.4 Å². The molecule has 3 aliphatic heterocycles. The molecule has 4 aliphatic carbocycles. The number of rotatable bonds is 9. The average molecular weight is 783 g/mol. The summed E-state index contributed by atoms with van der Waals surface area (Å²) >= 11 is 0. The smallest absolute Gasteiger partial charge is 0.334 e. The summed E-state index contributed by atoms with van der Waals surface area (Å²) in [6.45, 7) is 7.25. The second kappa shape index (κ2) is 15.9. The van der Waals surface area contributed by atoms with Gasteiger partial charge in [0.2, 0.25) is 0 Å². The van der Waals surface area contributed by atoms with Crippen LogP contribution in [0.5, 0.6) is 0 Å². The minimum atomic E-state index is -1.68. The molecule has 0 amide bonds. The van der Waals surface area contributed by atoms with Gasteiger partial charge in [-0.2, -0.15) is 0 Å². The van der Waals surface area contributed by atoms with Crippen LogP contribution in [-0.2, 0) is 28.5 Å². The van der Waals surface area contributed by atoms with Crippen molar-refractivity contribution in [1.82, 2.24) is 0 Å². The number of carbonyl (C=O) groups excluding carboxylic acids is 1. The first kappa shape index (κ1) is 41.6. The summed E-state index contributed by atoms with van der Waals surface area (Å²) in [4.78, 5) is 12.7. The maximum Gasteiger partial charge on any atom is 0.334 e. The minimum Gasteiger partial charge on any atom is -0.458 e. The standard InChI is InChI=1S/C40H62O15/c1-17-19(14-41)11-26(53-36(17)50)18(2)23-7-8-24-22-6-5-20-12-21(13-29(43)40(20,4)25(22)9-10-39(23,24)3)52-38-35(49)33(47)31(45)28(55-38)16-51-37-34(48)32(46)30(44)27(15-42)54-37/h5,18,21-35,37-38,41-49H,6-16H2,1-4H3/t18-,21-,22-,23+,24-,25-,26+,27-,28+,29-,30+,31+,32-,33-,34+,35+,37-,38+,39+,40-/m1/s1. The van der Waals surface area contributed by atoms with Gasteiger partial charge in [0.1, 0.15) is 54.9 Å². The van der Waals surface area contributed by atoms with Gasteiger partial charge in [-0.15, -0.1) is 0 Å². The molecule has 0 bridgehead atoms. The first-order valence-corrected chi connectivity index (χ1v) is 20.2. The van der Waals surface area contributed by atoms with Gasteiger partial charge in [0.25, 0.3) is 0 Å². The van der Waals surface area contributed by atoms with Gasteiger partial charge in [0, 0.05) is 23.8 Å². The third kappa shape index (κ3) is 7.06. The SMILES string of the molecule is CC1=C(CO)C[C@@H]([C@H](C)[C@@H]2CC[C@@H]3[C@H]4CC=C5C[C@@H](O[C@H]6O[C@@H](CO[C@@H]7O[C@H](CO)[C@H](O)[C@@H](O)[C@@H]7O)[C@H](O)[C@@H](O)[C@@H]6O)C[C@@H](O)[C@@]5(C)[C@@H]4CC[C@]32C)OC1=O. The molecule has 7 aliphatic rings. The normalized spacial score (nSPS) is 50.7. The molecule has 0 aromatic heterocycles. The van der Waals surface area contributed by atoms with Crippen LogP contribution in [0.15, 0.2) is 22.8 Å². The fourth-order valence-electron chi connectivity index (χ4n) is 12.0. The maximum atomic E-state index is 12.7. The molecule has 15 nitrogen and oxygen atoms in total. The van der Waals surface area contributed by atoms with Crippen LogP contribution >= 0.6 is 0 Å². The van der Waals surface area contributed by atoms with E-state index in [4.69, 9.17) is 23.7 Å². The number of hydrogen-bond acceptors (Lipinski definition) is 15. The Labute approximate surface area is 321 Å². The quantitative estimate of drug-likeness (QED) is 0.109. The zero-order chi connectivity index (χ0) is 39.7. The van der Waals surface area contributed by atoms with Crippen LogP contribution < -0.4 is 0 Å². The number of ether oxygens (including phenoxy) is 5. The zero-order valence-corrected chi connectivity index (χ0v) is 32.2. The molecule has 2 saturated heterocycles. The van der Waals surface area contributed by atoms with E-state index in [1.807, 2.05) is 0 Å². The third-order valence-electron chi connectivity index (χ3n) is 15.5. The van der Waals surface area contributed by atoms with Crippen LogP contribution in [0.1, 0.15) is 79.1 Å². The van der Waals surface area contributed by atoms with Gasteiger partial charge in [-0.25, -0.2) is 4.79 Å². The lowest BCUT2D eigenvalue weighted by Crippen LogP contribution is -2.62. The summed E-state index contributed by atoms with van der Waals surface area (Å²) in [6.07, 6.45) is -8.19. The highest BCUT2D eigenvalue weighted by atomic mass is 16.7. The molecule has 3 saturated carbocycles. The number of fused-ring (bicyclic) bond motifs is 5. The summed E-state index contributed by atoms with van der Waals surface area (Å²) in [6, 6.07) is 0. The molecule has 0 aromatic carbocycles. The Bertz CT molecular complexity index is 1470. The van der Waals surface area contributed by atoms with Gasteiger partial charge in [-0.1, -0.05) is 32.4 Å². The number of allylic oxidation sites excluding steroid dienone is 1. The topological polar surface area (TPSA) is 245 Å². The van der Waals surface area contributed by atoms with Gasteiger partial charge in [0.05, 0.1) is 32.0 Å². The Morgan fingerprint density at radius 1 is 0.855 bits per heavy atom. The van der Waals surface area contributed by atoms with Crippen molar-refractivity contribution in [3.63, 3.8) is 0 Å². The van der Waals surface area contributed by atoms with Crippen molar-refractivity contribution in [2.75, 3.05) is 19.8 Å². The summed E-state index contributed by atoms with van der Waals surface area (Å²) in [5, 5.41) is 94.2. The molecule has 0 spiro atoms. The highest BCUT2D eigenvalue weighted by Gasteiger charge is 2.62. The van der Waals surface area contributed by atoms with Crippen LogP contribution in [0, 0.1) is 40.4 Å². The molecule has 0 unspecified atom stereocenters. The molecule has 0 radical (unpaired) electrons. The van der Waals surface area contributed by atoms with Crippen LogP contribution in [0.4, 0.5) is 0 Å². The van der Waals surface area contributed by atoms with Gasteiger partial charge in [0.15, 0.2) is 12.6 Å². The van der Waals surface area contributed by atoms with E-state index in [0.717, 1.165) is 43.3 Å². The minimum absolute atomic E-state index is 0.0540. The van der Waals surface area contributed by atoms with E-state index in [2.05, 4.69) is 26.8 Å². The molecule has 7 rings (SSSR count). The number of cyclic esters (lactones) is 1. The first-order valence-electron chi connectivity index (χ1n) is 20.2. The van der Waals surface area contributed by atoms with E-state index in [-0.39, 0.29) is 42.4 Å². The monoisotopic (exact) mass is 782 g/mol. The Kier molecular flexibility index (Phi) is 12.0. The Hall–Kier alpha value is -1.57. The second-order valence-electron chi connectivity index (χ2n) is 18.0. The zero-order valence-electron chi connectivity index (χ0n) is 32.2. The molecule has 20 atom stereocenters. The molecular formula is C40H62O15. The Balaban J connectivity index is 1.00. The van der Waals surface area contributed by atoms with Crippen molar-refractivity contribution in [1.29, 1.82) is 0 Å². The van der Waals surface area contributed by atoms with Crippen molar-refractivity contribution in [2.24, 2.45) is 40.4 Å². The van der Waals surface area contributed by atoms with E-state index >= 15 is 0 Å². The Morgan fingerprint density at radius 3 is 2.22 bits per heavy atom. The number of aliphatic hydroxyl groups is 9. The fourth-order valence-corrected chi connectivity index (χ4v) is 12.0. The summed E-state index contributed by atoms with van der Waals surface area (Å²) in [7, 11) is 0. The second-order valence-corrected chi connectivity index (χ2v) is 18.0. The van der Waals surface area contributed by atoms with Crippen molar-refractivity contribution in [2.45, 2.75) is 159 Å². The number of hydrogen-bond donors (Lipinski definition) is 9. The highest BCUT2D eigenvalue weighted by Crippen LogP contribution is 2.67. The van der Waals surface area contributed by atoms with E-state index in [1.54, 1.807) is 6.92 Å². The average Bonchev–Trinajstić information content (AvgIpc) is 3.52. The van der Waals surface area contributed by atoms with Crippen molar-refractivity contribution in [3.8, 4) is 0 Å². The molecule has 3 heterocycles. The number of aliphatic hydroxyl groups excluding tert-OH is 9. The molecule has 5 fully saturated rings. The lowest BCUT2D eigenvalue weighted by Gasteiger charge is -2.60. The van der Waals surface area contributed by atoms with Gasteiger partial charge < -0.3 is 69.6 Å². The largest absolute Gasteiger partial charge is 0.458 e. The molecular weight excluding hydrogens is 720 g/mol. The predicted molar refractivity (Wildman–Crippen MR) is 191 cm³/mol. The van der Waals surface area contributed by atoms with Crippen LogP contribution in [0.3, 0.4) is 0 Å². The predicted octanol–water partition coefficient (Wildman–Crippen LogP) is -0.194. The maximum absolute atomic E-state index is 12.7. The van der Waals surface area contributed by atoms with Gasteiger partial charge >= 0.3 is 5.97 Å². The number of carbonyl (C=O) groups is 1. The fraction of sp³-hybridized carbons (Fsp3) is 0.875. The van der Waals surface area contributed by atoms with Crippen molar-refractivity contribution in [3.05, 3.63) is 22.8 Å². The summed E-state index contributed by atoms with van der Waals surface area (Å²) < 4.78 is 29.0. The summed E-state index contributed by atoms with van der Waals surface area (Å²) in [5.74, 6) is 1.26. The molecule has 55 heavy (non-hydrogen) atoms. The van der Waals surface area contributed by atoms with E-state index < -0.39 is 92.2 Å².